The van der Waals surface area contributed by atoms with Crippen molar-refractivity contribution in [2.45, 2.75) is 26.3 Å². The fourth-order valence-corrected chi connectivity index (χ4v) is 2.58. The lowest BCUT2D eigenvalue weighted by atomic mass is 10.00. The highest BCUT2D eigenvalue weighted by atomic mass is 32.1. The van der Waals surface area contributed by atoms with Crippen LogP contribution in [0.3, 0.4) is 0 Å². The van der Waals surface area contributed by atoms with Gasteiger partial charge in [-0.1, -0.05) is 26.3 Å². The molecule has 3 N–H and O–H groups in total. The number of carbonyl (C=O) groups is 1. The first-order chi connectivity index (χ1) is 9.65. The number of rotatable bonds is 6. The van der Waals surface area contributed by atoms with Crippen molar-refractivity contribution in [3.05, 3.63) is 29.3 Å². The molecule has 0 aliphatic heterocycles. The Bertz CT molecular complexity index is 551. The van der Waals surface area contributed by atoms with Crippen molar-refractivity contribution in [2.24, 2.45) is 5.92 Å². The second-order valence-corrected chi connectivity index (χ2v) is 5.74. The maximum absolute atomic E-state index is 12.1. The Morgan fingerprint density at radius 2 is 2.40 bits per heavy atom. The molecule has 0 saturated carbocycles. The highest BCUT2D eigenvalue weighted by Crippen LogP contribution is 2.22. The second-order valence-electron chi connectivity index (χ2n) is 4.79. The third-order valence-electron chi connectivity index (χ3n) is 3.44. The molecule has 1 amide bonds. The normalized spacial score (nSPS) is 13.9. The van der Waals surface area contributed by atoms with Gasteiger partial charge in [0.25, 0.3) is 5.91 Å². The molecule has 2 heterocycles. The molecule has 2 rings (SSSR count). The number of hydrogen-bond donors (Lipinski definition) is 3. The number of aliphatic hydroxyl groups excluding tert-OH is 1. The number of amides is 1. The number of hydrogen-bond acceptors (Lipinski definition) is 4. The van der Waals surface area contributed by atoms with Gasteiger partial charge in [0.15, 0.2) is 5.69 Å². The smallest absolute Gasteiger partial charge is 0.272 e. The third kappa shape index (κ3) is 3.26. The largest absolute Gasteiger partial charge is 0.394 e. The van der Waals surface area contributed by atoms with E-state index >= 15 is 0 Å². The van der Waals surface area contributed by atoms with Crippen LogP contribution in [0.4, 0.5) is 0 Å². The van der Waals surface area contributed by atoms with Crippen LogP contribution in [0.15, 0.2) is 23.6 Å². The van der Waals surface area contributed by atoms with E-state index in [1.807, 2.05) is 31.4 Å². The van der Waals surface area contributed by atoms with E-state index in [9.17, 15) is 9.90 Å². The van der Waals surface area contributed by atoms with Crippen LogP contribution in [-0.4, -0.2) is 33.9 Å². The number of thiophene rings is 1. The molecule has 0 spiro atoms. The first kappa shape index (κ1) is 14.7. The van der Waals surface area contributed by atoms with E-state index in [0.717, 1.165) is 17.0 Å². The zero-order chi connectivity index (χ0) is 14.5. The summed E-state index contributed by atoms with van der Waals surface area (Å²) in [5, 5.41) is 21.0. The van der Waals surface area contributed by atoms with Gasteiger partial charge in [0.1, 0.15) is 0 Å². The zero-order valence-corrected chi connectivity index (χ0v) is 12.4. The molecule has 0 unspecified atom stereocenters. The SMILES string of the molecule is CC[C@H](C)[C@H](CO)NC(=O)c1cc(-c2cccs2)[nH]n1. The van der Waals surface area contributed by atoms with Gasteiger partial charge in [-0.2, -0.15) is 5.10 Å². The molecule has 2 atom stereocenters. The van der Waals surface area contributed by atoms with Crippen molar-refractivity contribution in [3.8, 4) is 10.6 Å². The topological polar surface area (TPSA) is 78.0 Å². The summed E-state index contributed by atoms with van der Waals surface area (Å²) in [4.78, 5) is 13.2. The van der Waals surface area contributed by atoms with Gasteiger partial charge in [-0.15, -0.1) is 11.3 Å². The number of aliphatic hydroxyl groups is 1. The van der Waals surface area contributed by atoms with Crippen molar-refractivity contribution in [1.29, 1.82) is 0 Å². The highest BCUT2D eigenvalue weighted by molar-refractivity contribution is 7.13. The minimum atomic E-state index is -0.261. The van der Waals surface area contributed by atoms with Crippen LogP contribution >= 0.6 is 11.3 Å². The number of aromatic nitrogens is 2. The van der Waals surface area contributed by atoms with Gasteiger partial charge >= 0.3 is 0 Å². The van der Waals surface area contributed by atoms with Gasteiger partial charge in [0, 0.05) is 0 Å². The van der Waals surface area contributed by atoms with Crippen LogP contribution in [0.1, 0.15) is 30.8 Å². The molecule has 0 saturated heterocycles. The van der Waals surface area contributed by atoms with Crippen molar-refractivity contribution in [3.63, 3.8) is 0 Å². The van der Waals surface area contributed by atoms with Crippen molar-refractivity contribution in [1.82, 2.24) is 15.5 Å². The average Bonchev–Trinajstić information content (AvgIpc) is 3.13. The predicted molar refractivity (Wildman–Crippen MR) is 79.7 cm³/mol. The number of aromatic amines is 1. The van der Waals surface area contributed by atoms with E-state index in [1.54, 1.807) is 17.4 Å². The molecular weight excluding hydrogens is 274 g/mol. The van der Waals surface area contributed by atoms with Gasteiger partial charge in [0.2, 0.25) is 0 Å². The summed E-state index contributed by atoms with van der Waals surface area (Å²) >= 11 is 1.59. The van der Waals surface area contributed by atoms with E-state index in [1.165, 1.54) is 0 Å². The van der Waals surface area contributed by atoms with Crippen molar-refractivity contribution in [2.75, 3.05) is 6.61 Å². The predicted octanol–water partition coefficient (Wildman–Crippen LogP) is 2.27. The summed E-state index contributed by atoms with van der Waals surface area (Å²) in [6.07, 6.45) is 0.895. The quantitative estimate of drug-likeness (QED) is 0.764. The molecule has 0 fully saturated rings. The van der Waals surface area contributed by atoms with Gasteiger partial charge in [-0.25, -0.2) is 0 Å². The molecule has 108 valence electrons. The Hall–Kier alpha value is -1.66. The van der Waals surface area contributed by atoms with E-state index in [0.29, 0.717) is 5.69 Å². The Labute approximate surface area is 122 Å². The summed E-state index contributed by atoms with van der Waals surface area (Å²) in [5.41, 5.74) is 1.17. The molecule has 2 aromatic rings. The van der Waals surface area contributed by atoms with Crippen LogP contribution in [0.5, 0.6) is 0 Å². The minimum absolute atomic E-state index is 0.0665. The van der Waals surface area contributed by atoms with Crippen LogP contribution in [0.2, 0.25) is 0 Å². The summed E-state index contributed by atoms with van der Waals surface area (Å²) in [6.45, 7) is 3.97. The highest BCUT2D eigenvalue weighted by Gasteiger charge is 2.20. The molecule has 0 bridgehead atoms. The fourth-order valence-electron chi connectivity index (χ4n) is 1.89. The average molecular weight is 293 g/mol. The Balaban J connectivity index is 2.06. The fraction of sp³-hybridized carbons (Fsp3) is 0.429. The van der Waals surface area contributed by atoms with Crippen molar-refractivity contribution >= 4 is 17.2 Å². The Morgan fingerprint density at radius 3 is 3.00 bits per heavy atom. The molecular formula is C14H19N3O2S. The zero-order valence-electron chi connectivity index (χ0n) is 11.6. The first-order valence-corrected chi connectivity index (χ1v) is 7.54. The van der Waals surface area contributed by atoms with Crippen LogP contribution in [-0.2, 0) is 0 Å². The second kappa shape index (κ2) is 6.67. The lowest BCUT2D eigenvalue weighted by molar-refractivity contribution is 0.0886. The minimum Gasteiger partial charge on any atom is -0.394 e. The van der Waals surface area contributed by atoms with Gasteiger partial charge in [-0.3, -0.25) is 9.89 Å². The molecule has 0 aliphatic carbocycles. The lowest BCUT2D eigenvalue weighted by Crippen LogP contribution is -2.42. The Morgan fingerprint density at radius 1 is 1.60 bits per heavy atom. The molecule has 2 aromatic heterocycles. The van der Waals surface area contributed by atoms with E-state index in [-0.39, 0.29) is 24.5 Å². The number of carbonyl (C=O) groups excluding carboxylic acids is 1. The number of nitrogens with one attached hydrogen (secondary N) is 2. The summed E-state index contributed by atoms with van der Waals surface area (Å²) in [7, 11) is 0. The molecule has 0 radical (unpaired) electrons. The first-order valence-electron chi connectivity index (χ1n) is 6.66. The maximum Gasteiger partial charge on any atom is 0.272 e. The number of nitrogens with zero attached hydrogens (tertiary/aromatic N) is 1. The lowest BCUT2D eigenvalue weighted by Gasteiger charge is -2.21. The van der Waals surface area contributed by atoms with Crippen LogP contribution < -0.4 is 5.32 Å². The molecule has 6 heteroatoms. The summed E-state index contributed by atoms with van der Waals surface area (Å²) in [6, 6.07) is 5.40. The van der Waals surface area contributed by atoms with Crippen LogP contribution in [0, 0.1) is 5.92 Å². The van der Waals surface area contributed by atoms with E-state index in [4.69, 9.17) is 0 Å². The number of H-pyrrole nitrogens is 1. The maximum atomic E-state index is 12.1. The molecule has 5 nitrogen and oxygen atoms in total. The summed E-state index contributed by atoms with van der Waals surface area (Å²) in [5.74, 6) is -0.0388. The van der Waals surface area contributed by atoms with E-state index in [2.05, 4.69) is 15.5 Å². The molecule has 20 heavy (non-hydrogen) atoms. The molecule has 0 aromatic carbocycles. The van der Waals surface area contributed by atoms with E-state index < -0.39 is 0 Å². The third-order valence-corrected chi connectivity index (χ3v) is 4.34. The van der Waals surface area contributed by atoms with Gasteiger partial charge < -0.3 is 10.4 Å². The van der Waals surface area contributed by atoms with Crippen molar-refractivity contribution < 1.29 is 9.90 Å². The monoisotopic (exact) mass is 293 g/mol. The van der Waals surface area contributed by atoms with Crippen LogP contribution in [0.25, 0.3) is 10.6 Å². The standard InChI is InChI=1S/C14H19N3O2S/c1-3-9(2)12(8-18)15-14(19)11-7-10(16-17-11)13-5-4-6-20-13/h4-7,9,12,18H,3,8H2,1-2H3,(H,15,19)(H,16,17)/t9-,12-/m0/s1. The van der Waals surface area contributed by atoms with Gasteiger partial charge in [0.05, 0.1) is 23.2 Å². The van der Waals surface area contributed by atoms with Gasteiger partial charge in [-0.05, 0) is 23.4 Å². The molecule has 0 aliphatic rings. The Kier molecular flexibility index (Phi) is 4.92. The summed E-state index contributed by atoms with van der Waals surface area (Å²) < 4.78 is 0.